The average Bonchev–Trinajstić information content (AvgIpc) is 2.64. The molecule has 5 heteroatoms. The van der Waals surface area contributed by atoms with Crippen LogP contribution < -0.4 is 0 Å². The molecular formula is C20H26FNO3. The number of carboxylic acid groups (broad SMARTS) is 1. The third-order valence-corrected chi connectivity index (χ3v) is 5.74. The molecule has 2 fully saturated rings. The molecule has 0 aromatic heterocycles. The van der Waals surface area contributed by atoms with Gasteiger partial charge in [0.2, 0.25) is 5.91 Å². The van der Waals surface area contributed by atoms with Crippen molar-refractivity contribution >= 4 is 11.9 Å². The van der Waals surface area contributed by atoms with E-state index in [1.807, 2.05) is 17.0 Å². The summed E-state index contributed by atoms with van der Waals surface area (Å²) in [6.07, 6.45) is 5.66. The molecule has 4 nitrogen and oxygen atoms in total. The van der Waals surface area contributed by atoms with E-state index in [0.29, 0.717) is 18.8 Å². The zero-order valence-corrected chi connectivity index (χ0v) is 14.5. The van der Waals surface area contributed by atoms with Crippen molar-refractivity contribution in [3.63, 3.8) is 0 Å². The van der Waals surface area contributed by atoms with Crippen molar-refractivity contribution in [3.05, 3.63) is 35.6 Å². The smallest absolute Gasteiger partial charge is 0.306 e. The highest BCUT2D eigenvalue weighted by atomic mass is 19.1. The molecule has 3 rings (SSSR count). The SMILES string of the molecule is O=C(O)C1CCCC(C(=O)N2CCC(Cc3ccc(F)cc3)CC2)C1. The van der Waals surface area contributed by atoms with Crippen LogP contribution in [0, 0.1) is 23.6 Å². The van der Waals surface area contributed by atoms with E-state index in [1.165, 1.54) is 12.1 Å². The van der Waals surface area contributed by atoms with Gasteiger partial charge in [-0.25, -0.2) is 4.39 Å². The van der Waals surface area contributed by atoms with Crippen LogP contribution in [0.5, 0.6) is 0 Å². The molecule has 2 unspecified atom stereocenters. The first kappa shape index (κ1) is 17.9. The van der Waals surface area contributed by atoms with Crippen LogP contribution in [-0.2, 0) is 16.0 Å². The summed E-state index contributed by atoms with van der Waals surface area (Å²) in [6, 6.07) is 6.66. The molecule has 1 saturated heterocycles. The van der Waals surface area contributed by atoms with Crippen LogP contribution in [0.4, 0.5) is 4.39 Å². The number of piperidine rings is 1. The number of nitrogens with zero attached hydrogens (tertiary/aromatic N) is 1. The fourth-order valence-electron chi connectivity index (χ4n) is 4.21. The molecule has 1 aromatic carbocycles. The number of benzene rings is 1. The number of amides is 1. The van der Waals surface area contributed by atoms with Gasteiger partial charge < -0.3 is 10.0 Å². The van der Waals surface area contributed by atoms with Gasteiger partial charge in [0.15, 0.2) is 0 Å². The van der Waals surface area contributed by atoms with E-state index in [2.05, 4.69) is 0 Å². The van der Waals surface area contributed by atoms with Gasteiger partial charge in [-0.1, -0.05) is 18.6 Å². The summed E-state index contributed by atoms with van der Waals surface area (Å²) in [5.41, 5.74) is 1.14. The minimum atomic E-state index is -0.768. The Bertz CT molecular complexity index is 608. The van der Waals surface area contributed by atoms with Gasteiger partial charge in [0.05, 0.1) is 5.92 Å². The zero-order chi connectivity index (χ0) is 17.8. The second-order valence-corrected chi connectivity index (χ2v) is 7.50. The largest absolute Gasteiger partial charge is 0.481 e. The van der Waals surface area contributed by atoms with Gasteiger partial charge in [0.1, 0.15) is 5.82 Å². The highest BCUT2D eigenvalue weighted by Crippen LogP contribution is 2.32. The van der Waals surface area contributed by atoms with Crippen LogP contribution in [0.3, 0.4) is 0 Å². The van der Waals surface area contributed by atoms with Gasteiger partial charge in [-0.2, -0.15) is 0 Å². The van der Waals surface area contributed by atoms with Crippen molar-refractivity contribution in [1.29, 1.82) is 0 Å². The maximum atomic E-state index is 13.0. The van der Waals surface area contributed by atoms with Crippen molar-refractivity contribution in [2.24, 2.45) is 17.8 Å². The summed E-state index contributed by atoms with van der Waals surface area (Å²) in [6.45, 7) is 1.50. The first-order valence-electron chi connectivity index (χ1n) is 9.29. The number of hydrogen-bond donors (Lipinski definition) is 1. The standard InChI is InChI=1S/C20H26FNO3/c21-18-6-4-14(5-7-18)12-15-8-10-22(11-9-15)19(23)16-2-1-3-17(13-16)20(24)25/h4-7,15-17H,1-3,8-13H2,(H,24,25). The number of halogens is 1. The lowest BCUT2D eigenvalue weighted by Crippen LogP contribution is -2.43. The number of aliphatic carboxylic acids is 1. The fraction of sp³-hybridized carbons (Fsp3) is 0.600. The zero-order valence-electron chi connectivity index (χ0n) is 14.5. The molecule has 1 saturated carbocycles. The number of carbonyl (C=O) groups excluding carboxylic acids is 1. The Labute approximate surface area is 148 Å². The lowest BCUT2D eigenvalue weighted by Gasteiger charge is -2.36. The second kappa shape index (κ2) is 7.98. The Kier molecular flexibility index (Phi) is 5.71. The summed E-state index contributed by atoms with van der Waals surface area (Å²) < 4.78 is 13.0. The molecule has 2 aliphatic rings. The lowest BCUT2D eigenvalue weighted by atomic mass is 9.80. The molecule has 2 atom stereocenters. The van der Waals surface area contributed by atoms with Crippen LogP contribution in [0.2, 0.25) is 0 Å². The van der Waals surface area contributed by atoms with E-state index in [9.17, 15) is 19.1 Å². The van der Waals surface area contributed by atoms with E-state index < -0.39 is 5.97 Å². The fourth-order valence-corrected chi connectivity index (χ4v) is 4.21. The van der Waals surface area contributed by atoms with Gasteiger partial charge in [-0.05, 0) is 62.1 Å². The van der Waals surface area contributed by atoms with Gasteiger partial charge >= 0.3 is 5.97 Å². The lowest BCUT2D eigenvalue weighted by molar-refractivity contribution is -0.145. The van der Waals surface area contributed by atoms with E-state index in [-0.39, 0.29) is 23.6 Å². The van der Waals surface area contributed by atoms with E-state index in [1.54, 1.807) is 0 Å². The minimum Gasteiger partial charge on any atom is -0.481 e. The summed E-state index contributed by atoms with van der Waals surface area (Å²) in [5, 5.41) is 9.19. The van der Waals surface area contributed by atoms with Crippen LogP contribution in [-0.4, -0.2) is 35.0 Å². The van der Waals surface area contributed by atoms with Crippen molar-refractivity contribution in [2.75, 3.05) is 13.1 Å². The van der Waals surface area contributed by atoms with E-state index in [0.717, 1.165) is 50.8 Å². The van der Waals surface area contributed by atoms with Crippen molar-refractivity contribution in [3.8, 4) is 0 Å². The molecule has 0 radical (unpaired) electrons. The molecule has 1 aromatic rings. The normalized spacial score (nSPS) is 24.9. The molecule has 25 heavy (non-hydrogen) atoms. The first-order valence-corrected chi connectivity index (χ1v) is 9.29. The third kappa shape index (κ3) is 4.59. The molecule has 1 heterocycles. The highest BCUT2D eigenvalue weighted by Gasteiger charge is 2.34. The number of hydrogen-bond acceptors (Lipinski definition) is 2. The Morgan fingerprint density at radius 1 is 1.04 bits per heavy atom. The van der Waals surface area contributed by atoms with Gasteiger partial charge in [-0.3, -0.25) is 9.59 Å². The first-order chi connectivity index (χ1) is 12.0. The van der Waals surface area contributed by atoms with Crippen molar-refractivity contribution in [2.45, 2.75) is 44.9 Å². The minimum absolute atomic E-state index is 0.122. The maximum absolute atomic E-state index is 13.0. The molecule has 0 bridgehead atoms. The highest BCUT2D eigenvalue weighted by molar-refractivity contribution is 5.80. The predicted molar refractivity (Wildman–Crippen MR) is 92.5 cm³/mol. The summed E-state index contributed by atoms with van der Waals surface area (Å²) in [7, 11) is 0. The monoisotopic (exact) mass is 347 g/mol. The summed E-state index contributed by atoms with van der Waals surface area (Å²) in [4.78, 5) is 25.8. The van der Waals surface area contributed by atoms with Crippen LogP contribution in [0.1, 0.15) is 44.1 Å². The Morgan fingerprint density at radius 3 is 2.32 bits per heavy atom. The second-order valence-electron chi connectivity index (χ2n) is 7.50. The van der Waals surface area contributed by atoms with Gasteiger partial charge in [0.25, 0.3) is 0 Å². The van der Waals surface area contributed by atoms with Crippen molar-refractivity contribution < 1.29 is 19.1 Å². The molecule has 136 valence electrons. The van der Waals surface area contributed by atoms with Crippen LogP contribution in [0.25, 0.3) is 0 Å². The molecular weight excluding hydrogens is 321 g/mol. The number of carboxylic acids is 1. The summed E-state index contributed by atoms with van der Waals surface area (Å²) in [5.74, 6) is -0.798. The van der Waals surface area contributed by atoms with Crippen molar-refractivity contribution in [1.82, 2.24) is 4.90 Å². The summed E-state index contributed by atoms with van der Waals surface area (Å²) >= 11 is 0. The van der Waals surface area contributed by atoms with Gasteiger partial charge in [-0.15, -0.1) is 0 Å². The Morgan fingerprint density at radius 2 is 1.68 bits per heavy atom. The molecule has 1 amide bonds. The maximum Gasteiger partial charge on any atom is 0.306 e. The van der Waals surface area contributed by atoms with E-state index in [4.69, 9.17) is 0 Å². The Balaban J connectivity index is 1.49. The number of carbonyl (C=O) groups is 2. The molecule has 1 N–H and O–H groups in total. The molecule has 1 aliphatic heterocycles. The third-order valence-electron chi connectivity index (χ3n) is 5.74. The molecule has 0 spiro atoms. The number of rotatable bonds is 4. The number of likely N-dealkylation sites (tertiary alicyclic amines) is 1. The van der Waals surface area contributed by atoms with E-state index >= 15 is 0 Å². The van der Waals surface area contributed by atoms with Crippen LogP contribution >= 0.6 is 0 Å². The Hall–Kier alpha value is -1.91. The quantitative estimate of drug-likeness (QED) is 0.907. The molecule has 1 aliphatic carbocycles. The topological polar surface area (TPSA) is 57.6 Å². The predicted octanol–water partition coefficient (Wildman–Crippen LogP) is 3.50. The van der Waals surface area contributed by atoms with Gasteiger partial charge in [0, 0.05) is 19.0 Å². The average molecular weight is 347 g/mol. The van der Waals surface area contributed by atoms with Crippen LogP contribution in [0.15, 0.2) is 24.3 Å².